The Bertz CT molecular complexity index is 478. The van der Waals surface area contributed by atoms with Crippen molar-refractivity contribution in [3.8, 4) is 0 Å². The van der Waals surface area contributed by atoms with E-state index in [0.29, 0.717) is 6.54 Å². The number of rotatable bonds is 3. The molecule has 1 aliphatic heterocycles. The van der Waals surface area contributed by atoms with Crippen LogP contribution in [0.1, 0.15) is 5.56 Å². The van der Waals surface area contributed by atoms with Crippen molar-refractivity contribution in [2.24, 2.45) is 5.73 Å². The van der Waals surface area contributed by atoms with Crippen molar-refractivity contribution < 1.29 is 4.92 Å². The van der Waals surface area contributed by atoms with Crippen molar-refractivity contribution in [3.63, 3.8) is 0 Å². The molecule has 1 aromatic rings. The number of nitro benzene ring substituents is 1. The quantitative estimate of drug-likeness (QED) is 0.650. The van der Waals surface area contributed by atoms with Crippen LogP contribution in [0.4, 0.5) is 11.4 Å². The molecule has 0 radical (unpaired) electrons. The molecule has 0 bridgehead atoms. The van der Waals surface area contributed by atoms with Crippen LogP contribution in [-0.2, 0) is 0 Å². The van der Waals surface area contributed by atoms with E-state index in [9.17, 15) is 10.1 Å². The van der Waals surface area contributed by atoms with E-state index in [-0.39, 0.29) is 16.7 Å². The second-order valence-corrected chi connectivity index (χ2v) is 5.02. The van der Waals surface area contributed by atoms with Crippen LogP contribution >= 0.6 is 0 Å². The number of likely N-dealkylation sites (N-methyl/N-ethyl adjacent to an activating group) is 1. The van der Waals surface area contributed by atoms with Crippen molar-refractivity contribution in [2.45, 2.75) is 13.0 Å². The molecule has 1 saturated heterocycles. The topological polar surface area (TPSA) is 75.6 Å². The molecule has 1 heterocycles. The van der Waals surface area contributed by atoms with Crippen LogP contribution in [0.2, 0.25) is 0 Å². The molecule has 19 heavy (non-hydrogen) atoms. The maximum atomic E-state index is 11.0. The Labute approximate surface area is 112 Å². The number of hydrogen-bond donors (Lipinski definition) is 1. The molecule has 2 N–H and O–H groups in total. The molecule has 1 fully saturated rings. The molecule has 0 spiro atoms. The zero-order valence-electron chi connectivity index (χ0n) is 11.4. The van der Waals surface area contributed by atoms with Crippen LogP contribution in [0.15, 0.2) is 18.2 Å². The van der Waals surface area contributed by atoms with Crippen LogP contribution in [-0.4, -0.2) is 49.1 Å². The summed E-state index contributed by atoms with van der Waals surface area (Å²) in [5.41, 5.74) is 7.66. The van der Waals surface area contributed by atoms with Crippen molar-refractivity contribution >= 4 is 11.4 Å². The largest absolute Gasteiger partial charge is 0.364 e. The molecule has 1 atom stereocenters. The number of hydrogen-bond acceptors (Lipinski definition) is 5. The maximum absolute atomic E-state index is 11.0. The van der Waals surface area contributed by atoms with Crippen molar-refractivity contribution in [2.75, 3.05) is 38.1 Å². The zero-order chi connectivity index (χ0) is 14.0. The van der Waals surface area contributed by atoms with Crippen molar-refractivity contribution in [3.05, 3.63) is 33.9 Å². The van der Waals surface area contributed by atoms with Gasteiger partial charge in [0.15, 0.2) is 0 Å². The molecule has 1 unspecified atom stereocenters. The highest BCUT2D eigenvalue weighted by Crippen LogP contribution is 2.30. The van der Waals surface area contributed by atoms with E-state index in [2.05, 4.69) is 16.8 Å². The van der Waals surface area contributed by atoms with Gasteiger partial charge in [-0.05, 0) is 20.0 Å². The van der Waals surface area contributed by atoms with Crippen LogP contribution in [0.5, 0.6) is 0 Å². The van der Waals surface area contributed by atoms with E-state index in [1.165, 1.54) is 0 Å². The second-order valence-electron chi connectivity index (χ2n) is 5.02. The minimum atomic E-state index is -0.327. The predicted octanol–water partition coefficient (Wildman–Crippen LogP) is 0.982. The first-order chi connectivity index (χ1) is 9.04. The average Bonchev–Trinajstić information content (AvgIpc) is 2.39. The summed E-state index contributed by atoms with van der Waals surface area (Å²) < 4.78 is 0. The third-order valence-electron chi connectivity index (χ3n) is 3.74. The smallest absolute Gasteiger partial charge is 0.274 e. The summed E-state index contributed by atoms with van der Waals surface area (Å²) in [4.78, 5) is 15.1. The number of piperazine rings is 1. The fourth-order valence-corrected chi connectivity index (χ4v) is 2.65. The standard InChI is InChI=1S/C13H20N4O2/c1-10-12(4-3-5-13(10)17(18)19)16-7-6-15(2)9-11(16)8-14/h3-5,11H,6-9,14H2,1-2H3. The second kappa shape index (κ2) is 5.54. The highest BCUT2D eigenvalue weighted by atomic mass is 16.6. The Kier molecular flexibility index (Phi) is 4.01. The summed E-state index contributed by atoms with van der Waals surface area (Å²) in [6.07, 6.45) is 0. The first-order valence-electron chi connectivity index (χ1n) is 6.44. The summed E-state index contributed by atoms with van der Waals surface area (Å²) in [6, 6.07) is 5.44. The molecular formula is C13H20N4O2. The molecule has 0 amide bonds. The summed E-state index contributed by atoms with van der Waals surface area (Å²) in [7, 11) is 2.07. The summed E-state index contributed by atoms with van der Waals surface area (Å²) in [5, 5.41) is 11.0. The molecule has 104 valence electrons. The molecule has 1 aliphatic rings. The molecule has 6 nitrogen and oxygen atoms in total. The van der Waals surface area contributed by atoms with Gasteiger partial charge in [-0.15, -0.1) is 0 Å². The monoisotopic (exact) mass is 264 g/mol. The molecule has 0 saturated carbocycles. The molecular weight excluding hydrogens is 244 g/mol. The van der Waals surface area contributed by atoms with Gasteiger partial charge in [-0.2, -0.15) is 0 Å². The lowest BCUT2D eigenvalue weighted by Crippen LogP contribution is -2.55. The number of nitro groups is 1. The molecule has 0 aromatic heterocycles. The lowest BCUT2D eigenvalue weighted by atomic mass is 10.1. The van der Waals surface area contributed by atoms with Crippen molar-refractivity contribution in [1.29, 1.82) is 0 Å². The third-order valence-corrected chi connectivity index (χ3v) is 3.74. The van der Waals surface area contributed by atoms with Gasteiger partial charge in [0.25, 0.3) is 5.69 Å². The number of benzene rings is 1. The summed E-state index contributed by atoms with van der Waals surface area (Å²) in [5.74, 6) is 0. The van der Waals surface area contributed by atoms with E-state index in [1.807, 2.05) is 6.07 Å². The first-order valence-corrected chi connectivity index (χ1v) is 6.44. The van der Waals surface area contributed by atoms with Gasteiger partial charge in [-0.3, -0.25) is 10.1 Å². The number of nitrogens with two attached hydrogens (primary N) is 1. The Hall–Kier alpha value is -1.66. The minimum Gasteiger partial charge on any atom is -0.364 e. The van der Waals surface area contributed by atoms with Crippen LogP contribution < -0.4 is 10.6 Å². The van der Waals surface area contributed by atoms with Crippen LogP contribution in [0.3, 0.4) is 0 Å². The van der Waals surface area contributed by atoms with Gasteiger partial charge in [-0.25, -0.2) is 0 Å². The van der Waals surface area contributed by atoms with Gasteiger partial charge in [0, 0.05) is 37.9 Å². The van der Waals surface area contributed by atoms with E-state index in [4.69, 9.17) is 5.73 Å². The summed E-state index contributed by atoms with van der Waals surface area (Å²) in [6.45, 7) is 5.03. The van der Waals surface area contributed by atoms with E-state index in [0.717, 1.165) is 30.9 Å². The van der Waals surface area contributed by atoms with Crippen molar-refractivity contribution in [1.82, 2.24) is 4.90 Å². The number of nitrogens with zero attached hydrogens (tertiary/aromatic N) is 3. The minimum absolute atomic E-state index is 0.173. The van der Waals surface area contributed by atoms with Gasteiger partial charge in [0.05, 0.1) is 16.5 Å². The van der Waals surface area contributed by atoms with Crippen LogP contribution in [0.25, 0.3) is 0 Å². The van der Waals surface area contributed by atoms with Crippen LogP contribution in [0, 0.1) is 17.0 Å². The van der Waals surface area contributed by atoms with Gasteiger partial charge in [-0.1, -0.05) is 6.07 Å². The highest BCUT2D eigenvalue weighted by Gasteiger charge is 2.27. The van der Waals surface area contributed by atoms with Gasteiger partial charge in [0.1, 0.15) is 0 Å². The molecule has 6 heteroatoms. The zero-order valence-corrected chi connectivity index (χ0v) is 11.4. The third kappa shape index (κ3) is 2.69. The summed E-state index contributed by atoms with van der Waals surface area (Å²) >= 11 is 0. The van der Waals surface area contributed by atoms with Gasteiger partial charge in [0.2, 0.25) is 0 Å². The Morgan fingerprint density at radius 2 is 2.21 bits per heavy atom. The first kappa shape index (κ1) is 13.8. The predicted molar refractivity (Wildman–Crippen MR) is 75.5 cm³/mol. The lowest BCUT2D eigenvalue weighted by molar-refractivity contribution is -0.385. The average molecular weight is 264 g/mol. The number of anilines is 1. The van der Waals surface area contributed by atoms with E-state index in [1.54, 1.807) is 19.1 Å². The normalized spacial score (nSPS) is 20.6. The lowest BCUT2D eigenvalue weighted by Gasteiger charge is -2.41. The molecule has 1 aromatic carbocycles. The SMILES string of the molecule is Cc1c(N2CCN(C)CC2CN)cccc1[N+](=O)[O-]. The molecule has 0 aliphatic carbocycles. The fourth-order valence-electron chi connectivity index (χ4n) is 2.65. The molecule has 2 rings (SSSR count). The Morgan fingerprint density at radius 3 is 2.84 bits per heavy atom. The van der Waals surface area contributed by atoms with Gasteiger partial charge >= 0.3 is 0 Å². The fraction of sp³-hybridized carbons (Fsp3) is 0.538. The van der Waals surface area contributed by atoms with Gasteiger partial charge < -0.3 is 15.5 Å². The van der Waals surface area contributed by atoms with E-state index >= 15 is 0 Å². The highest BCUT2D eigenvalue weighted by molar-refractivity contribution is 5.62. The maximum Gasteiger partial charge on any atom is 0.274 e. The Morgan fingerprint density at radius 1 is 1.47 bits per heavy atom. The van der Waals surface area contributed by atoms with E-state index < -0.39 is 0 Å². The Balaban J connectivity index is 2.35.